The molecule has 0 saturated carbocycles. The maximum atomic E-state index is 13.7. The molecule has 0 saturated heterocycles. The Hall–Kier alpha value is -5.32. The molecule has 0 unspecified atom stereocenters. The Morgan fingerprint density at radius 1 is 1.00 bits per heavy atom. The van der Waals surface area contributed by atoms with Crippen LogP contribution in [0.4, 0.5) is 13.2 Å². The van der Waals surface area contributed by atoms with Crippen LogP contribution < -0.4 is 14.9 Å². The SMILES string of the molecule is CCOc1cc(C=NNC(=O)c2[nH]c3c(C(F)(F)F)cccc3c2-c2ccccc2)ccc1OC(=O)c1ccco1. The van der Waals surface area contributed by atoms with Gasteiger partial charge in [-0.2, -0.15) is 18.3 Å². The fourth-order valence-electron chi connectivity index (χ4n) is 4.25. The molecule has 1 amide bonds. The van der Waals surface area contributed by atoms with E-state index in [1.54, 1.807) is 55.5 Å². The highest BCUT2D eigenvalue weighted by Crippen LogP contribution is 2.39. The summed E-state index contributed by atoms with van der Waals surface area (Å²) in [4.78, 5) is 28.1. The topological polar surface area (TPSA) is 106 Å². The summed E-state index contributed by atoms with van der Waals surface area (Å²) in [6, 6.07) is 20.1. The van der Waals surface area contributed by atoms with Gasteiger partial charge in [-0.3, -0.25) is 4.79 Å². The van der Waals surface area contributed by atoms with Crippen molar-refractivity contribution in [2.45, 2.75) is 13.1 Å². The Balaban J connectivity index is 1.42. The summed E-state index contributed by atoms with van der Waals surface area (Å²) in [5.41, 5.74) is 2.59. The van der Waals surface area contributed by atoms with Crippen molar-refractivity contribution in [2.24, 2.45) is 5.10 Å². The zero-order valence-corrected chi connectivity index (χ0v) is 21.5. The van der Waals surface area contributed by atoms with Gasteiger partial charge in [0.25, 0.3) is 5.91 Å². The first-order chi connectivity index (χ1) is 19.8. The first-order valence-electron chi connectivity index (χ1n) is 12.4. The molecule has 11 heteroatoms. The van der Waals surface area contributed by atoms with Gasteiger partial charge in [0.05, 0.1) is 30.2 Å². The van der Waals surface area contributed by atoms with Crippen molar-refractivity contribution in [3.8, 4) is 22.6 Å². The van der Waals surface area contributed by atoms with Gasteiger partial charge in [0, 0.05) is 10.9 Å². The Morgan fingerprint density at radius 3 is 2.51 bits per heavy atom. The van der Waals surface area contributed by atoms with E-state index in [1.165, 1.54) is 36.7 Å². The third-order valence-corrected chi connectivity index (χ3v) is 6.00. The highest BCUT2D eigenvalue weighted by Gasteiger charge is 2.34. The van der Waals surface area contributed by atoms with E-state index in [9.17, 15) is 22.8 Å². The summed E-state index contributed by atoms with van der Waals surface area (Å²) < 4.78 is 57.2. The average molecular weight is 562 g/mol. The number of H-pyrrole nitrogens is 1. The zero-order valence-electron chi connectivity index (χ0n) is 21.5. The van der Waals surface area contributed by atoms with Gasteiger partial charge in [-0.05, 0) is 54.4 Å². The molecule has 0 radical (unpaired) electrons. The third kappa shape index (κ3) is 5.83. The van der Waals surface area contributed by atoms with Crippen molar-refractivity contribution in [2.75, 3.05) is 6.61 Å². The number of hydrogen-bond acceptors (Lipinski definition) is 6. The smallest absolute Gasteiger partial charge is 0.418 e. The number of nitrogens with one attached hydrogen (secondary N) is 2. The molecule has 0 fully saturated rings. The monoisotopic (exact) mass is 561 g/mol. The van der Waals surface area contributed by atoms with E-state index >= 15 is 0 Å². The van der Waals surface area contributed by atoms with E-state index in [0.717, 1.165) is 6.07 Å². The highest BCUT2D eigenvalue weighted by atomic mass is 19.4. The summed E-state index contributed by atoms with van der Waals surface area (Å²) in [6.45, 7) is 2.04. The molecule has 208 valence electrons. The van der Waals surface area contributed by atoms with E-state index in [0.29, 0.717) is 16.7 Å². The van der Waals surface area contributed by atoms with Crippen LogP contribution in [0.5, 0.6) is 11.5 Å². The number of alkyl halides is 3. The van der Waals surface area contributed by atoms with E-state index in [4.69, 9.17) is 13.9 Å². The second-order valence-electron chi connectivity index (χ2n) is 8.67. The molecular weight excluding hydrogens is 539 g/mol. The number of carbonyl (C=O) groups excluding carboxylic acids is 2. The van der Waals surface area contributed by atoms with E-state index < -0.39 is 23.6 Å². The molecule has 2 heterocycles. The molecule has 0 aliphatic heterocycles. The van der Waals surface area contributed by atoms with Gasteiger partial charge in [-0.25, -0.2) is 10.2 Å². The molecule has 0 aliphatic carbocycles. The molecule has 3 aromatic carbocycles. The molecule has 2 N–H and O–H groups in total. The van der Waals surface area contributed by atoms with Crippen molar-refractivity contribution in [1.82, 2.24) is 10.4 Å². The van der Waals surface area contributed by atoms with Crippen molar-refractivity contribution in [3.63, 3.8) is 0 Å². The number of nitrogens with zero attached hydrogens (tertiary/aromatic N) is 1. The number of rotatable bonds is 8. The Kier molecular flexibility index (Phi) is 7.59. The normalized spacial score (nSPS) is 11.6. The number of hydrogen-bond donors (Lipinski definition) is 2. The van der Waals surface area contributed by atoms with Gasteiger partial charge < -0.3 is 18.9 Å². The maximum absolute atomic E-state index is 13.7. The number of benzene rings is 3. The summed E-state index contributed by atoms with van der Waals surface area (Å²) >= 11 is 0. The Morgan fingerprint density at radius 2 is 1.80 bits per heavy atom. The number of para-hydroxylation sites is 1. The van der Waals surface area contributed by atoms with Crippen LogP contribution in [0.1, 0.15) is 39.1 Å². The predicted molar refractivity (Wildman–Crippen MR) is 145 cm³/mol. The number of aromatic amines is 1. The molecule has 0 bridgehead atoms. The van der Waals surface area contributed by atoms with Crippen molar-refractivity contribution >= 4 is 29.0 Å². The maximum Gasteiger partial charge on any atom is 0.418 e. The fraction of sp³-hybridized carbons (Fsp3) is 0.100. The Bertz CT molecular complexity index is 1730. The van der Waals surface area contributed by atoms with Crippen molar-refractivity contribution in [1.29, 1.82) is 0 Å². The van der Waals surface area contributed by atoms with Gasteiger partial charge in [0.15, 0.2) is 11.5 Å². The third-order valence-electron chi connectivity index (χ3n) is 6.00. The lowest BCUT2D eigenvalue weighted by molar-refractivity contribution is -0.136. The van der Waals surface area contributed by atoms with E-state index in [1.807, 2.05) is 0 Å². The van der Waals surface area contributed by atoms with Gasteiger partial charge in [-0.15, -0.1) is 0 Å². The van der Waals surface area contributed by atoms with Gasteiger partial charge in [0.1, 0.15) is 5.69 Å². The summed E-state index contributed by atoms with van der Waals surface area (Å²) in [5, 5.41) is 4.23. The number of fused-ring (bicyclic) bond motifs is 1. The lowest BCUT2D eigenvalue weighted by atomic mass is 10.0. The number of carbonyl (C=O) groups is 2. The number of esters is 1. The molecule has 5 aromatic rings. The second-order valence-corrected chi connectivity index (χ2v) is 8.67. The van der Waals surface area contributed by atoms with Crippen molar-refractivity contribution < 1.29 is 36.7 Å². The number of hydrazone groups is 1. The molecule has 0 atom stereocenters. The molecular formula is C30H22F3N3O5. The van der Waals surface area contributed by atoms with Crippen LogP contribution in [0.2, 0.25) is 0 Å². The minimum atomic E-state index is -4.62. The second kappa shape index (κ2) is 11.4. The Labute approximate surface area is 231 Å². The number of furan rings is 1. The fourth-order valence-corrected chi connectivity index (χ4v) is 4.25. The van der Waals surface area contributed by atoms with Gasteiger partial charge >= 0.3 is 12.1 Å². The molecule has 41 heavy (non-hydrogen) atoms. The van der Waals surface area contributed by atoms with E-state index in [2.05, 4.69) is 15.5 Å². The largest absolute Gasteiger partial charge is 0.490 e. The lowest BCUT2D eigenvalue weighted by Crippen LogP contribution is -2.19. The highest BCUT2D eigenvalue weighted by molar-refractivity contribution is 6.10. The number of aromatic nitrogens is 1. The summed E-state index contributed by atoms with van der Waals surface area (Å²) in [5.74, 6) is -1.01. The zero-order chi connectivity index (χ0) is 29.0. The van der Waals surface area contributed by atoms with Crippen molar-refractivity contribution in [3.05, 3.63) is 108 Å². The lowest BCUT2D eigenvalue weighted by Gasteiger charge is -2.10. The number of halogens is 3. The van der Waals surface area contributed by atoms with Gasteiger partial charge in [0.2, 0.25) is 5.76 Å². The molecule has 2 aromatic heterocycles. The van der Waals surface area contributed by atoms with Crippen LogP contribution in [-0.4, -0.2) is 29.7 Å². The predicted octanol–water partition coefficient (Wildman–Crippen LogP) is 6.83. The van der Waals surface area contributed by atoms with Crippen LogP contribution in [0.25, 0.3) is 22.0 Å². The molecule has 0 spiro atoms. The quantitative estimate of drug-likeness (QED) is 0.0935. The minimum Gasteiger partial charge on any atom is -0.490 e. The first kappa shape index (κ1) is 27.3. The van der Waals surface area contributed by atoms with Crippen LogP contribution in [0.3, 0.4) is 0 Å². The summed E-state index contributed by atoms with van der Waals surface area (Å²) in [6.07, 6.45) is -1.95. The molecule has 8 nitrogen and oxygen atoms in total. The van der Waals surface area contributed by atoms with Crippen LogP contribution in [0.15, 0.2) is 94.6 Å². The molecule has 0 aliphatic rings. The summed E-state index contributed by atoms with van der Waals surface area (Å²) in [7, 11) is 0. The van der Waals surface area contributed by atoms with Crippen LogP contribution in [-0.2, 0) is 6.18 Å². The number of amides is 1. The minimum absolute atomic E-state index is 0.0232. The van der Waals surface area contributed by atoms with Crippen LogP contribution in [0, 0.1) is 0 Å². The van der Waals surface area contributed by atoms with Gasteiger partial charge in [-0.1, -0.05) is 42.5 Å². The average Bonchev–Trinajstić information content (AvgIpc) is 3.63. The van der Waals surface area contributed by atoms with E-state index in [-0.39, 0.29) is 40.5 Å². The van der Waals surface area contributed by atoms with Crippen LogP contribution >= 0.6 is 0 Å². The number of ether oxygens (including phenoxy) is 2. The molecule has 5 rings (SSSR count). The standard InChI is InChI=1S/C30H22F3N3O5/c1-2-39-24-16-18(13-14-22(24)41-29(38)23-12-7-15-40-23)17-34-36-28(37)27-25(19-8-4-3-5-9-19)20-10-6-11-21(26(20)35-27)30(31,32)33/h3-17,35H,2H2,1H3,(H,36,37). The first-order valence-corrected chi connectivity index (χ1v) is 12.4.